The molecule has 0 saturated carbocycles. The van der Waals surface area contributed by atoms with Crippen LogP contribution in [0.5, 0.6) is 5.75 Å². The first-order chi connectivity index (χ1) is 10.3. The van der Waals surface area contributed by atoms with Crippen LogP contribution in [0.2, 0.25) is 0 Å². The quantitative estimate of drug-likeness (QED) is 0.736. The van der Waals surface area contributed by atoms with Crippen LogP contribution in [0.1, 0.15) is 17.0 Å². The highest BCUT2D eigenvalue weighted by Crippen LogP contribution is 2.21. The third kappa shape index (κ3) is 2.56. The van der Waals surface area contributed by atoms with Crippen molar-refractivity contribution >= 4 is 5.65 Å². The first-order valence-corrected chi connectivity index (χ1v) is 6.66. The van der Waals surface area contributed by atoms with Crippen LogP contribution >= 0.6 is 0 Å². The molecule has 0 aliphatic carbocycles. The molecule has 3 rings (SSSR count). The summed E-state index contributed by atoms with van der Waals surface area (Å²) in [7, 11) is 0. The van der Waals surface area contributed by atoms with E-state index in [4.69, 9.17) is 10.00 Å². The van der Waals surface area contributed by atoms with Crippen LogP contribution in [0.4, 0.5) is 0 Å². The zero-order chi connectivity index (χ0) is 14.7. The maximum Gasteiger partial charge on any atom is 0.196 e. The Balaban J connectivity index is 1.93. The summed E-state index contributed by atoms with van der Waals surface area (Å²) in [4.78, 5) is 4.47. The third-order valence-electron chi connectivity index (χ3n) is 3.26. The lowest BCUT2D eigenvalue weighted by atomic mass is 10.2. The van der Waals surface area contributed by atoms with E-state index in [1.807, 2.05) is 37.3 Å². The maximum atomic E-state index is 8.89. The highest BCUT2D eigenvalue weighted by atomic mass is 16.5. The summed E-state index contributed by atoms with van der Waals surface area (Å²) in [5, 5.41) is 13.2. The van der Waals surface area contributed by atoms with Crippen LogP contribution in [0.3, 0.4) is 0 Å². The maximum absolute atomic E-state index is 8.89. The van der Waals surface area contributed by atoms with Crippen molar-refractivity contribution in [2.24, 2.45) is 0 Å². The van der Waals surface area contributed by atoms with Gasteiger partial charge in [-0.3, -0.25) is 0 Å². The molecule has 104 valence electrons. The Morgan fingerprint density at radius 2 is 2.05 bits per heavy atom. The molecule has 0 bridgehead atoms. The minimum atomic E-state index is 0.280. The molecule has 21 heavy (non-hydrogen) atoms. The number of aryl methyl sites for hydroxylation is 1. The minimum absolute atomic E-state index is 0.280. The molecule has 0 aliphatic heterocycles. The molecule has 5 heteroatoms. The highest BCUT2D eigenvalue weighted by Gasteiger charge is 2.13. The Hall–Kier alpha value is -2.87. The molecular weight excluding hydrogens is 264 g/mol. The van der Waals surface area contributed by atoms with Gasteiger partial charge in [0.2, 0.25) is 0 Å². The summed E-state index contributed by atoms with van der Waals surface area (Å²) in [6.45, 7) is 2.35. The monoisotopic (exact) mass is 278 g/mol. The lowest BCUT2D eigenvalue weighted by molar-refractivity contribution is 0.307. The van der Waals surface area contributed by atoms with Crippen LogP contribution in [0.15, 0.2) is 42.6 Å². The molecule has 0 spiro atoms. The number of fused-ring (bicyclic) bond motifs is 1. The summed E-state index contributed by atoms with van der Waals surface area (Å²) in [5.74, 6) is 0.668. The second-order valence-electron chi connectivity index (χ2n) is 4.68. The molecule has 0 fully saturated rings. The Morgan fingerprint density at radius 1 is 1.24 bits per heavy atom. The highest BCUT2D eigenvalue weighted by molar-refractivity contribution is 5.54. The minimum Gasteiger partial charge on any atom is -0.485 e. The van der Waals surface area contributed by atoms with Crippen molar-refractivity contribution in [3.63, 3.8) is 0 Å². The third-order valence-corrected chi connectivity index (χ3v) is 3.26. The van der Waals surface area contributed by atoms with Gasteiger partial charge in [0, 0.05) is 6.07 Å². The number of hydrogen-bond acceptors (Lipinski definition) is 4. The van der Waals surface area contributed by atoms with E-state index < -0.39 is 0 Å². The van der Waals surface area contributed by atoms with Crippen LogP contribution in [0.25, 0.3) is 5.65 Å². The molecule has 0 saturated heterocycles. The van der Waals surface area contributed by atoms with Gasteiger partial charge in [0.15, 0.2) is 11.4 Å². The van der Waals surface area contributed by atoms with E-state index in [-0.39, 0.29) is 6.42 Å². The van der Waals surface area contributed by atoms with Crippen molar-refractivity contribution in [3.8, 4) is 11.8 Å². The second kappa shape index (κ2) is 5.63. The predicted octanol–water partition coefficient (Wildman–Crippen LogP) is 2.68. The van der Waals surface area contributed by atoms with E-state index in [0.717, 1.165) is 17.0 Å². The number of benzene rings is 1. The number of nitrogens with zero attached hydrogens (tertiary/aromatic N) is 4. The lowest BCUT2D eigenvalue weighted by Crippen LogP contribution is -2.01. The van der Waals surface area contributed by atoms with Crippen LogP contribution < -0.4 is 4.74 Å². The van der Waals surface area contributed by atoms with Crippen molar-refractivity contribution in [2.45, 2.75) is 20.0 Å². The molecule has 0 aliphatic rings. The topological polar surface area (TPSA) is 63.2 Å². The van der Waals surface area contributed by atoms with Gasteiger partial charge in [-0.1, -0.05) is 30.3 Å². The van der Waals surface area contributed by atoms with Gasteiger partial charge in [0.1, 0.15) is 6.61 Å². The van der Waals surface area contributed by atoms with Gasteiger partial charge in [0.05, 0.1) is 30.1 Å². The fourth-order valence-electron chi connectivity index (χ4n) is 2.20. The summed E-state index contributed by atoms with van der Waals surface area (Å²) in [6, 6.07) is 13.9. The van der Waals surface area contributed by atoms with Crippen molar-refractivity contribution in [3.05, 3.63) is 59.5 Å². The predicted molar refractivity (Wildman–Crippen MR) is 77.8 cm³/mol. The number of nitriles is 1. The van der Waals surface area contributed by atoms with E-state index in [1.165, 1.54) is 0 Å². The molecular formula is C16H14N4O. The smallest absolute Gasteiger partial charge is 0.196 e. The van der Waals surface area contributed by atoms with Crippen molar-refractivity contribution < 1.29 is 4.74 Å². The molecule has 0 radical (unpaired) electrons. The van der Waals surface area contributed by atoms with E-state index in [9.17, 15) is 0 Å². The second-order valence-corrected chi connectivity index (χ2v) is 4.68. The molecule has 1 aromatic carbocycles. The summed E-state index contributed by atoms with van der Waals surface area (Å²) in [5.41, 5.74) is 3.35. The SMILES string of the molecule is Cc1nc2c(OCc3ccccc3)ccnn2c1CC#N. The van der Waals surface area contributed by atoms with Gasteiger partial charge < -0.3 is 4.74 Å². The number of rotatable bonds is 4. The Morgan fingerprint density at radius 3 is 2.81 bits per heavy atom. The number of aromatic nitrogens is 3. The first-order valence-electron chi connectivity index (χ1n) is 6.66. The summed E-state index contributed by atoms with van der Waals surface area (Å²) < 4.78 is 7.53. The normalized spacial score (nSPS) is 10.5. The molecule has 0 N–H and O–H groups in total. The molecule has 0 amide bonds. The van der Waals surface area contributed by atoms with Crippen LogP contribution in [0, 0.1) is 18.3 Å². The van der Waals surface area contributed by atoms with E-state index in [0.29, 0.717) is 18.0 Å². The van der Waals surface area contributed by atoms with Gasteiger partial charge in [0.25, 0.3) is 0 Å². The molecule has 3 aromatic rings. The summed E-state index contributed by atoms with van der Waals surface area (Å²) in [6.07, 6.45) is 1.94. The number of ether oxygens (including phenoxy) is 1. The molecule has 0 unspecified atom stereocenters. The van der Waals surface area contributed by atoms with Crippen molar-refractivity contribution in [1.82, 2.24) is 14.6 Å². The van der Waals surface area contributed by atoms with Crippen LogP contribution in [-0.4, -0.2) is 14.6 Å². The Bertz CT molecular complexity index is 802. The van der Waals surface area contributed by atoms with Crippen molar-refractivity contribution in [2.75, 3.05) is 0 Å². The van der Waals surface area contributed by atoms with Gasteiger partial charge in [-0.15, -0.1) is 0 Å². The van der Waals surface area contributed by atoms with E-state index in [1.54, 1.807) is 16.8 Å². The van der Waals surface area contributed by atoms with Gasteiger partial charge in [-0.2, -0.15) is 10.4 Å². The molecule has 0 atom stereocenters. The molecule has 5 nitrogen and oxygen atoms in total. The van der Waals surface area contributed by atoms with Gasteiger partial charge in [-0.25, -0.2) is 9.50 Å². The fourth-order valence-corrected chi connectivity index (χ4v) is 2.20. The van der Waals surface area contributed by atoms with E-state index >= 15 is 0 Å². The number of imidazole rings is 1. The van der Waals surface area contributed by atoms with Gasteiger partial charge >= 0.3 is 0 Å². The lowest BCUT2D eigenvalue weighted by Gasteiger charge is -2.07. The van der Waals surface area contributed by atoms with E-state index in [2.05, 4.69) is 16.2 Å². The average molecular weight is 278 g/mol. The summed E-state index contributed by atoms with van der Waals surface area (Å²) >= 11 is 0. The zero-order valence-corrected chi connectivity index (χ0v) is 11.7. The van der Waals surface area contributed by atoms with Gasteiger partial charge in [-0.05, 0) is 12.5 Å². The largest absolute Gasteiger partial charge is 0.485 e. The first kappa shape index (κ1) is 13.1. The van der Waals surface area contributed by atoms with Crippen LogP contribution in [-0.2, 0) is 13.0 Å². The number of hydrogen-bond donors (Lipinski definition) is 0. The standard InChI is InChI=1S/C16H14N4O/c1-12-14(7-9-17)20-16(19-12)15(8-10-18-20)21-11-13-5-3-2-4-6-13/h2-6,8,10H,7,11H2,1H3. The molecule has 2 aromatic heterocycles. The zero-order valence-electron chi connectivity index (χ0n) is 11.7. The fraction of sp³-hybridized carbons (Fsp3) is 0.188. The Kier molecular flexibility index (Phi) is 3.52. The molecule has 2 heterocycles. The average Bonchev–Trinajstić information content (AvgIpc) is 2.83. The van der Waals surface area contributed by atoms with Crippen molar-refractivity contribution in [1.29, 1.82) is 5.26 Å². The Labute approximate surface area is 122 Å².